The molecule has 0 amide bonds. The molecular formula is C11H17NO2S. The van der Waals surface area contributed by atoms with Crippen LogP contribution in [0.1, 0.15) is 38.1 Å². The highest BCUT2D eigenvalue weighted by Crippen LogP contribution is 2.22. The van der Waals surface area contributed by atoms with E-state index in [0.29, 0.717) is 6.42 Å². The van der Waals surface area contributed by atoms with Crippen LogP contribution < -0.4 is 5.32 Å². The largest absolute Gasteiger partial charge is 0.480 e. The van der Waals surface area contributed by atoms with Crippen LogP contribution in [0.4, 0.5) is 0 Å². The van der Waals surface area contributed by atoms with Crippen molar-refractivity contribution < 1.29 is 9.90 Å². The summed E-state index contributed by atoms with van der Waals surface area (Å²) in [7, 11) is 0. The monoisotopic (exact) mass is 227 g/mol. The van der Waals surface area contributed by atoms with Crippen molar-refractivity contribution in [3.05, 3.63) is 22.4 Å². The van der Waals surface area contributed by atoms with Crippen molar-refractivity contribution >= 4 is 17.3 Å². The lowest BCUT2D eigenvalue weighted by Gasteiger charge is -2.28. The van der Waals surface area contributed by atoms with Crippen LogP contribution in [0.5, 0.6) is 0 Å². The summed E-state index contributed by atoms with van der Waals surface area (Å²) < 4.78 is 0. The van der Waals surface area contributed by atoms with E-state index in [0.717, 1.165) is 4.88 Å². The molecule has 4 heteroatoms. The first-order chi connectivity index (χ1) is 6.99. The van der Waals surface area contributed by atoms with Gasteiger partial charge in [-0.05, 0) is 31.7 Å². The van der Waals surface area contributed by atoms with Crippen molar-refractivity contribution in [2.45, 2.75) is 38.8 Å². The summed E-state index contributed by atoms with van der Waals surface area (Å²) in [6, 6.07) is 4.06. The van der Waals surface area contributed by atoms with E-state index in [-0.39, 0.29) is 6.04 Å². The standard InChI is InChI=1S/C11H17NO2S/c1-4-11(3,10(13)14)12-8(2)9-6-5-7-15-9/h5-8,12H,4H2,1-3H3,(H,13,14). The topological polar surface area (TPSA) is 49.3 Å². The number of hydrogen-bond donors (Lipinski definition) is 2. The maximum absolute atomic E-state index is 11.1. The zero-order valence-corrected chi connectivity index (χ0v) is 10.1. The van der Waals surface area contributed by atoms with E-state index in [4.69, 9.17) is 5.11 Å². The van der Waals surface area contributed by atoms with E-state index >= 15 is 0 Å². The van der Waals surface area contributed by atoms with Gasteiger partial charge >= 0.3 is 5.97 Å². The van der Waals surface area contributed by atoms with Gasteiger partial charge in [-0.2, -0.15) is 0 Å². The van der Waals surface area contributed by atoms with Crippen molar-refractivity contribution in [1.82, 2.24) is 5.32 Å². The van der Waals surface area contributed by atoms with Crippen molar-refractivity contribution in [3.8, 4) is 0 Å². The third-order valence-electron chi connectivity index (χ3n) is 2.68. The van der Waals surface area contributed by atoms with Gasteiger partial charge in [0.05, 0.1) is 0 Å². The number of nitrogens with one attached hydrogen (secondary N) is 1. The molecule has 84 valence electrons. The zero-order chi connectivity index (χ0) is 11.5. The molecule has 2 unspecified atom stereocenters. The predicted molar refractivity (Wildman–Crippen MR) is 62.2 cm³/mol. The summed E-state index contributed by atoms with van der Waals surface area (Å²) in [5.41, 5.74) is -0.844. The third kappa shape index (κ3) is 2.79. The Morgan fingerprint density at radius 3 is 2.80 bits per heavy atom. The Morgan fingerprint density at radius 2 is 2.40 bits per heavy atom. The highest BCUT2D eigenvalue weighted by atomic mass is 32.1. The van der Waals surface area contributed by atoms with Gasteiger partial charge in [-0.15, -0.1) is 11.3 Å². The summed E-state index contributed by atoms with van der Waals surface area (Å²) >= 11 is 1.64. The molecule has 0 aliphatic heterocycles. The van der Waals surface area contributed by atoms with Crippen LogP contribution in [0.15, 0.2) is 17.5 Å². The van der Waals surface area contributed by atoms with Crippen LogP contribution in [-0.2, 0) is 4.79 Å². The van der Waals surface area contributed by atoms with E-state index < -0.39 is 11.5 Å². The van der Waals surface area contributed by atoms with Gasteiger partial charge < -0.3 is 5.11 Å². The molecule has 0 spiro atoms. The normalized spacial score (nSPS) is 17.0. The summed E-state index contributed by atoms with van der Waals surface area (Å²) in [6.45, 7) is 5.59. The minimum Gasteiger partial charge on any atom is -0.480 e. The van der Waals surface area contributed by atoms with Gasteiger partial charge in [0, 0.05) is 10.9 Å². The molecule has 2 atom stereocenters. The summed E-state index contributed by atoms with van der Waals surface area (Å²) in [6.07, 6.45) is 0.568. The van der Waals surface area contributed by atoms with Gasteiger partial charge in [0.15, 0.2) is 0 Å². The van der Waals surface area contributed by atoms with Crippen LogP contribution >= 0.6 is 11.3 Å². The smallest absolute Gasteiger partial charge is 0.323 e. The SMILES string of the molecule is CCC(C)(NC(C)c1cccs1)C(=O)O. The summed E-state index contributed by atoms with van der Waals surface area (Å²) in [5.74, 6) is -0.798. The Morgan fingerprint density at radius 1 is 1.73 bits per heavy atom. The predicted octanol–water partition coefficient (Wildman–Crippen LogP) is 2.65. The number of hydrogen-bond acceptors (Lipinski definition) is 3. The van der Waals surface area contributed by atoms with Crippen molar-refractivity contribution in [2.24, 2.45) is 0 Å². The molecule has 1 aromatic rings. The molecule has 1 heterocycles. The van der Waals surface area contributed by atoms with E-state index in [2.05, 4.69) is 5.32 Å². The zero-order valence-electron chi connectivity index (χ0n) is 9.28. The fourth-order valence-corrected chi connectivity index (χ4v) is 2.14. The average molecular weight is 227 g/mol. The molecule has 15 heavy (non-hydrogen) atoms. The second-order valence-corrected chi connectivity index (χ2v) is 4.85. The molecule has 2 N–H and O–H groups in total. The van der Waals surface area contributed by atoms with Crippen molar-refractivity contribution in [2.75, 3.05) is 0 Å². The van der Waals surface area contributed by atoms with Crippen LogP contribution in [0, 0.1) is 0 Å². The summed E-state index contributed by atoms with van der Waals surface area (Å²) in [5, 5.41) is 14.3. The first-order valence-corrected chi connectivity index (χ1v) is 5.92. The molecule has 3 nitrogen and oxygen atoms in total. The van der Waals surface area contributed by atoms with Crippen LogP contribution in [-0.4, -0.2) is 16.6 Å². The van der Waals surface area contributed by atoms with E-state index in [9.17, 15) is 4.79 Å². The molecule has 0 fully saturated rings. The number of thiophene rings is 1. The van der Waals surface area contributed by atoms with Gasteiger partial charge in [0.25, 0.3) is 0 Å². The van der Waals surface area contributed by atoms with Crippen LogP contribution in [0.2, 0.25) is 0 Å². The molecular weight excluding hydrogens is 210 g/mol. The minimum atomic E-state index is -0.844. The Bertz CT molecular complexity index is 323. The maximum atomic E-state index is 11.1. The number of rotatable bonds is 5. The van der Waals surface area contributed by atoms with Crippen LogP contribution in [0.3, 0.4) is 0 Å². The lowest BCUT2D eigenvalue weighted by Crippen LogP contribution is -2.49. The van der Waals surface area contributed by atoms with Gasteiger partial charge in [-0.3, -0.25) is 10.1 Å². The Kier molecular flexibility index (Phi) is 3.88. The molecule has 0 bridgehead atoms. The fraction of sp³-hybridized carbons (Fsp3) is 0.545. The van der Waals surface area contributed by atoms with Gasteiger partial charge in [0.1, 0.15) is 5.54 Å². The summed E-state index contributed by atoms with van der Waals surface area (Å²) in [4.78, 5) is 12.3. The number of carboxylic acids is 1. The average Bonchev–Trinajstić information content (AvgIpc) is 2.70. The second-order valence-electron chi connectivity index (χ2n) is 3.87. The fourth-order valence-electron chi connectivity index (χ4n) is 1.40. The molecule has 0 saturated carbocycles. The number of carboxylic acid groups (broad SMARTS) is 1. The number of aliphatic carboxylic acids is 1. The highest BCUT2D eigenvalue weighted by molar-refractivity contribution is 7.10. The van der Waals surface area contributed by atoms with Crippen molar-refractivity contribution in [3.63, 3.8) is 0 Å². The first-order valence-electron chi connectivity index (χ1n) is 5.04. The molecule has 0 aliphatic rings. The van der Waals surface area contributed by atoms with Crippen LogP contribution in [0.25, 0.3) is 0 Å². The molecule has 1 aromatic heterocycles. The Balaban J connectivity index is 2.72. The third-order valence-corrected chi connectivity index (χ3v) is 3.74. The molecule has 0 saturated heterocycles. The van der Waals surface area contributed by atoms with Gasteiger partial charge in [-0.25, -0.2) is 0 Å². The minimum absolute atomic E-state index is 0.0750. The van der Waals surface area contributed by atoms with E-state index in [1.165, 1.54) is 0 Å². The Hall–Kier alpha value is -0.870. The second kappa shape index (κ2) is 4.77. The lowest BCUT2D eigenvalue weighted by atomic mass is 9.98. The van der Waals surface area contributed by atoms with E-state index in [1.807, 2.05) is 31.4 Å². The van der Waals surface area contributed by atoms with Crippen molar-refractivity contribution in [1.29, 1.82) is 0 Å². The molecule has 0 aliphatic carbocycles. The maximum Gasteiger partial charge on any atom is 0.323 e. The molecule has 1 rings (SSSR count). The number of carbonyl (C=O) groups is 1. The van der Waals surface area contributed by atoms with Gasteiger partial charge in [-0.1, -0.05) is 13.0 Å². The highest BCUT2D eigenvalue weighted by Gasteiger charge is 2.32. The van der Waals surface area contributed by atoms with E-state index in [1.54, 1.807) is 18.3 Å². The first kappa shape index (κ1) is 12.2. The Labute approximate surface area is 94.1 Å². The lowest BCUT2D eigenvalue weighted by molar-refractivity contribution is -0.144. The molecule has 0 radical (unpaired) electrons. The quantitative estimate of drug-likeness (QED) is 0.813. The molecule has 0 aromatic carbocycles. The van der Waals surface area contributed by atoms with Gasteiger partial charge in [0.2, 0.25) is 0 Å².